The number of thiophene rings is 1. The maximum atomic E-state index is 13.0. The van der Waals surface area contributed by atoms with Gasteiger partial charge in [0.15, 0.2) is 5.16 Å². The Morgan fingerprint density at radius 2 is 1.94 bits per heavy atom. The van der Waals surface area contributed by atoms with E-state index in [-0.39, 0.29) is 16.4 Å². The van der Waals surface area contributed by atoms with E-state index < -0.39 is 5.91 Å². The van der Waals surface area contributed by atoms with Crippen molar-refractivity contribution in [2.45, 2.75) is 38.2 Å². The van der Waals surface area contributed by atoms with E-state index in [9.17, 15) is 14.0 Å². The van der Waals surface area contributed by atoms with Crippen LogP contribution in [0.1, 0.15) is 32.2 Å². The highest BCUT2D eigenvalue weighted by Crippen LogP contribution is 2.30. The van der Waals surface area contributed by atoms with Crippen LogP contribution < -0.4 is 10.9 Å². The maximum absolute atomic E-state index is 13.0. The molecular formula is C20H18FN5O2S3. The quantitative estimate of drug-likeness (QED) is 0.323. The Balaban J connectivity index is 1.50. The van der Waals surface area contributed by atoms with Crippen LogP contribution in [-0.2, 0) is 12.3 Å². The number of halogens is 1. The number of thioether (sulfide) groups is 1. The second-order valence-electron chi connectivity index (χ2n) is 6.66. The molecule has 1 N–H and O–H groups in total. The topological polar surface area (TPSA) is 89.8 Å². The molecule has 1 amide bonds. The van der Waals surface area contributed by atoms with Gasteiger partial charge in [0.1, 0.15) is 15.7 Å². The molecule has 0 fully saturated rings. The number of nitrogens with one attached hydrogen (secondary N) is 1. The molecule has 0 bridgehead atoms. The fraction of sp³-hybridized carbons (Fsp3) is 0.250. The molecule has 0 unspecified atom stereocenters. The first-order valence-electron chi connectivity index (χ1n) is 9.40. The summed E-state index contributed by atoms with van der Waals surface area (Å²) >= 11 is 4.08. The first-order valence-corrected chi connectivity index (χ1v) is 12.0. The average molecular weight is 476 g/mol. The smallest absolute Gasteiger partial charge is 0.286 e. The van der Waals surface area contributed by atoms with E-state index in [2.05, 4.69) is 15.5 Å². The van der Waals surface area contributed by atoms with Crippen molar-refractivity contribution in [2.75, 3.05) is 5.32 Å². The SMILES string of the molecule is CCn1c(SCc2nnc(C(=O)Nc3ccc(F)cc3)s2)nc2sc(C)c(C)c2c1=O. The van der Waals surface area contributed by atoms with Crippen LogP contribution in [0.2, 0.25) is 0 Å². The number of carbonyl (C=O) groups excluding carboxylic acids is 1. The van der Waals surface area contributed by atoms with Crippen molar-refractivity contribution in [3.8, 4) is 0 Å². The van der Waals surface area contributed by atoms with Gasteiger partial charge in [-0.3, -0.25) is 14.2 Å². The van der Waals surface area contributed by atoms with E-state index in [1.165, 1.54) is 58.7 Å². The molecule has 0 aliphatic carbocycles. The Hall–Kier alpha value is -2.63. The molecule has 0 aliphatic heterocycles. The molecule has 1 aromatic carbocycles. The number of carbonyl (C=O) groups is 1. The van der Waals surface area contributed by atoms with Crippen LogP contribution in [0.25, 0.3) is 10.2 Å². The van der Waals surface area contributed by atoms with E-state index >= 15 is 0 Å². The van der Waals surface area contributed by atoms with Gasteiger partial charge in [0.25, 0.3) is 11.5 Å². The van der Waals surface area contributed by atoms with E-state index in [1.54, 1.807) is 4.57 Å². The number of fused-ring (bicyclic) bond motifs is 1. The minimum atomic E-state index is -0.407. The monoisotopic (exact) mass is 475 g/mol. The lowest BCUT2D eigenvalue weighted by Crippen LogP contribution is -2.22. The molecule has 0 saturated carbocycles. The fourth-order valence-corrected chi connectivity index (χ4v) is 5.80. The average Bonchev–Trinajstić information content (AvgIpc) is 3.33. The first kappa shape index (κ1) is 21.6. The third-order valence-electron chi connectivity index (χ3n) is 4.66. The van der Waals surface area contributed by atoms with Crippen LogP contribution in [0.3, 0.4) is 0 Å². The predicted octanol–water partition coefficient (Wildman–Crippen LogP) is 4.63. The molecule has 4 aromatic rings. The van der Waals surface area contributed by atoms with Crippen molar-refractivity contribution < 1.29 is 9.18 Å². The lowest BCUT2D eigenvalue weighted by molar-refractivity contribution is 0.102. The molecule has 160 valence electrons. The molecule has 0 spiro atoms. The fourth-order valence-electron chi connectivity index (χ4n) is 2.95. The third kappa shape index (κ3) is 4.39. The van der Waals surface area contributed by atoms with Crippen LogP contribution in [0.15, 0.2) is 34.2 Å². The zero-order valence-electron chi connectivity index (χ0n) is 16.9. The number of aromatic nitrogens is 4. The number of amides is 1. The van der Waals surface area contributed by atoms with Gasteiger partial charge in [-0.05, 0) is 50.6 Å². The standard InChI is InChI=1S/C20H18FN5O2S3/c1-4-26-19(28)15-10(2)11(3)30-17(15)23-20(26)29-9-14-24-25-18(31-14)16(27)22-13-7-5-12(21)6-8-13/h5-8H,4,9H2,1-3H3,(H,22,27). The van der Waals surface area contributed by atoms with Gasteiger partial charge in [-0.25, -0.2) is 9.37 Å². The van der Waals surface area contributed by atoms with Gasteiger partial charge in [-0.2, -0.15) is 0 Å². The van der Waals surface area contributed by atoms with Crippen molar-refractivity contribution in [2.24, 2.45) is 0 Å². The summed E-state index contributed by atoms with van der Waals surface area (Å²) in [7, 11) is 0. The highest BCUT2D eigenvalue weighted by Gasteiger charge is 2.18. The van der Waals surface area contributed by atoms with Crippen molar-refractivity contribution in [1.29, 1.82) is 0 Å². The first-order chi connectivity index (χ1) is 14.9. The minimum absolute atomic E-state index is 0.0338. The van der Waals surface area contributed by atoms with Gasteiger partial charge in [0.2, 0.25) is 5.01 Å². The molecule has 31 heavy (non-hydrogen) atoms. The van der Waals surface area contributed by atoms with Crippen molar-refractivity contribution in [3.63, 3.8) is 0 Å². The largest absolute Gasteiger partial charge is 0.320 e. The molecule has 3 heterocycles. The van der Waals surface area contributed by atoms with Gasteiger partial charge < -0.3 is 5.32 Å². The number of hydrogen-bond acceptors (Lipinski definition) is 8. The Kier molecular flexibility index (Phi) is 6.17. The molecule has 7 nitrogen and oxygen atoms in total. The highest BCUT2D eigenvalue weighted by molar-refractivity contribution is 7.98. The summed E-state index contributed by atoms with van der Waals surface area (Å²) in [5.41, 5.74) is 1.43. The second-order valence-corrected chi connectivity index (χ2v) is 9.87. The van der Waals surface area contributed by atoms with Crippen LogP contribution in [0.5, 0.6) is 0 Å². The Labute approximate surface area is 189 Å². The number of nitrogens with zero attached hydrogens (tertiary/aromatic N) is 4. The second kappa shape index (κ2) is 8.85. The molecule has 0 aliphatic rings. The Bertz CT molecular complexity index is 1330. The van der Waals surface area contributed by atoms with Gasteiger partial charge >= 0.3 is 0 Å². The lowest BCUT2D eigenvalue weighted by atomic mass is 10.2. The van der Waals surface area contributed by atoms with Gasteiger partial charge in [-0.1, -0.05) is 23.1 Å². The minimum Gasteiger partial charge on any atom is -0.320 e. The van der Waals surface area contributed by atoms with E-state index in [0.29, 0.717) is 33.5 Å². The molecule has 0 atom stereocenters. The van der Waals surface area contributed by atoms with E-state index in [0.717, 1.165) is 15.3 Å². The zero-order valence-corrected chi connectivity index (χ0v) is 19.4. The van der Waals surface area contributed by atoms with E-state index in [1.807, 2.05) is 20.8 Å². The molecule has 0 radical (unpaired) electrons. The highest BCUT2D eigenvalue weighted by atomic mass is 32.2. The molecule has 4 rings (SSSR count). The van der Waals surface area contributed by atoms with Crippen molar-refractivity contribution in [1.82, 2.24) is 19.7 Å². The zero-order chi connectivity index (χ0) is 22.1. The van der Waals surface area contributed by atoms with Crippen LogP contribution in [0, 0.1) is 19.7 Å². The molecular weight excluding hydrogens is 457 g/mol. The predicted molar refractivity (Wildman–Crippen MR) is 123 cm³/mol. The van der Waals surface area contributed by atoms with Crippen LogP contribution >= 0.6 is 34.4 Å². The Morgan fingerprint density at radius 3 is 2.65 bits per heavy atom. The lowest BCUT2D eigenvalue weighted by Gasteiger charge is -2.09. The van der Waals surface area contributed by atoms with Crippen LogP contribution in [0.4, 0.5) is 10.1 Å². The van der Waals surface area contributed by atoms with Crippen molar-refractivity contribution in [3.05, 3.63) is 60.9 Å². The summed E-state index contributed by atoms with van der Waals surface area (Å²) in [6, 6.07) is 5.49. The molecule has 3 aromatic heterocycles. The van der Waals surface area contributed by atoms with Gasteiger partial charge in [0, 0.05) is 17.1 Å². The van der Waals surface area contributed by atoms with Gasteiger partial charge in [0.05, 0.1) is 11.1 Å². The van der Waals surface area contributed by atoms with Crippen molar-refractivity contribution >= 4 is 56.2 Å². The molecule has 11 heteroatoms. The summed E-state index contributed by atoms with van der Waals surface area (Å²) in [5, 5.41) is 12.9. The van der Waals surface area contributed by atoms with Gasteiger partial charge in [-0.15, -0.1) is 21.5 Å². The number of rotatable bonds is 6. The maximum Gasteiger partial charge on any atom is 0.286 e. The number of anilines is 1. The number of benzene rings is 1. The van der Waals surface area contributed by atoms with E-state index in [4.69, 9.17) is 4.98 Å². The summed E-state index contributed by atoms with van der Waals surface area (Å²) < 4.78 is 14.7. The molecule has 0 saturated heterocycles. The summed E-state index contributed by atoms with van der Waals surface area (Å²) in [5.74, 6) is -0.351. The summed E-state index contributed by atoms with van der Waals surface area (Å²) in [6.45, 7) is 6.37. The number of aryl methyl sites for hydroxylation is 2. The van der Waals surface area contributed by atoms with Crippen LogP contribution in [-0.4, -0.2) is 25.7 Å². The normalized spacial score (nSPS) is 11.2. The summed E-state index contributed by atoms with van der Waals surface area (Å²) in [6.07, 6.45) is 0. The number of hydrogen-bond donors (Lipinski definition) is 1. The third-order valence-corrected chi connectivity index (χ3v) is 7.85. The Morgan fingerprint density at radius 1 is 1.19 bits per heavy atom. The summed E-state index contributed by atoms with van der Waals surface area (Å²) in [4.78, 5) is 31.8.